The molecule has 0 unspecified atom stereocenters. The zero-order chi connectivity index (χ0) is 12.0. The van der Waals surface area contributed by atoms with Gasteiger partial charge in [-0.25, -0.2) is 9.18 Å². The van der Waals surface area contributed by atoms with E-state index in [0.29, 0.717) is 0 Å². The molecule has 0 aliphatic carbocycles. The van der Waals surface area contributed by atoms with E-state index >= 15 is 0 Å². The van der Waals surface area contributed by atoms with Crippen molar-refractivity contribution in [1.29, 1.82) is 0 Å². The molecule has 16 heavy (non-hydrogen) atoms. The van der Waals surface area contributed by atoms with E-state index in [2.05, 4.69) is 4.74 Å². The van der Waals surface area contributed by atoms with Gasteiger partial charge in [0.05, 0.1) is 13.2 Å². The molecule has 0 saturated heterocycles. The highest BCUT2D eigenvalue weighted by Crippen LogP contribution is 2.16. The van der Waals surface area contributed by atoms with Gasteiger partial charge in [-0.2, -0.15) is 0 Å². The number of hydrogen-bond donors (Lipinski definition) is 1. The highest BCUT2D eigenvalue weighted by atomic mass is 19.1. The van der Waals surface area contributed by atoms with Crippen LogP contribution in [0, 0.1) is 5.82 Å². The van der Waals surface area contributed by atoms with Gasteiger partial charge in [-0.15, -0.1) is 0 Å². The maximum absolute atomic E-state index is 13.2. The van der Waals surface area contributed by atoms with Crippen molar-refractivity contribution in [3.05, 3.63) is 29.6 Å². The Morgan fingerprint density at radius 1 is 1.50 bits per heavy atom. The summed E-state index contributed by atoms with van der Waals surface area (Å²) >= 11 is 0. The number of rotatable bonds is 5. The first kappa shape index (κ1) is 12.4. The molecule has 0 spiro atoms. The minimum absolute atomic E-state index is 0.184. The number of carbonyl (C=O) groups is 1. The molecule has 1 rings (SSSR count). The number of carbonyl (C=O) groups excluding carboxylic acids is 1. The third kappa shape index (κ3) is 3.51. The molecule has 0 aliphatic rings. The summed E-state index contributed by atoms with van der Waals surface area (Å²) in [5.74, 6) is -0.847. The van der Waals surface area contributed by atoms with Crippen LogP contribution in [0.2, 0.25) is 0 Å². The lowest BCUT2D eigenvalue weighted by molar-refractivity contribution is -0.145. The van der Waals surface area contributed by atoms with Crippen molar-refractivity contribution in [2.45, 2.75) is 13.5 Å². The maximum atomic E-state index is 13.2. The van der Waals surface area contributed by atoms with Crippen molar-refractivity contribution in [2.24, 2.45) is 0 Å². The molecule has 0 atom stereocenters. The van der Waals surface area contributed by atoms with Gasteiger partial charge >= 0.3 is 5.97 Å². The van der Waals surface area contributed by atoms with E-state index in [1.54, 1.807) is 6.92 Å². The van der Waals surface area contributed by atoms with Crippen molar-refractivity contribution < 1.29 is 23.8 Å². The SMILES string of the molecule is CCOC(=O)COc1ccc(CO)c(F)c1. The Hall–Kier alpha value is -1.62. The van der Waals surface area contributed by atoms with E-state index in [1.165, 1.54) is 12.1 Å². The van der Waals surface area contributed by atoms with Crippen molar-refractivity contribution in [2.75, 3.05) is 13.2 Å². The van der Waals surface area contributed by atoms with E-state index in [4.69, 9.17) is 9.84 Å². The standard InChI is InChI=1S/C11H13FO4/c1-2-15-11(14)7-16-9-4-3-8(6-13)10(12)5-9/h3-5,13H,2,6-7H2,1H3. The molecule has 5 heteroatoms. The molecule has 1 aromatic rings. The highest BCUT2D eigenvalue weighted by Gasteiger charge is 2.06. The summed E-state index contributed by atoms with van der Waals surface area (Å²) in [6.07, 6.45) is 0. The number of ether oxygens (including phenoxy) is 2. The first-order chi connectivity index (χ1) is 7.67. The fraction of sp³-hybridized carbons (Fsp3) is 0.364. The lowest BCUT2D eigenvalue weighted by atomic mass is 10.2. The molecule has 0 fully saturated rings. The number of halogens is 1. The second-order valence-electron chi connectivity index (χ2n) is 3.01. The fourth-order valence-electron chi connectivity index (χ4n) is 1.09. The molecule has 0 heterocycles. The first-order valence-corrected chi connectivity index (χ1v) is 4.85. The smallest absolute Gasteiger partial charge is 0.344 e. The van der Waals surface area contributed by atoms with Gasteiger partial charge < -0.3 is 14.6 Å². The Balaban J connectivity index is 2.55. The number of aliphatic hydroxyl groups is 1. The molecule has 0 aromatic heterocycles. The number of hydrogen-bond acceptors (Lipinski definition) is 4. The van der Waals surface area contributed by atoms with Crippen molar-refractivity contribution >= 4 is 5.97 Å². The third-order valence-electron chi connectivity index (χ3n) is 1.86. The molecule has 0 saturated carbocycles. The van der Waals surface area contributed by atoms with Gasteiger partial charge in [-0.1, -0.05) is 6.07 Å². The number of aliphatic hydroxyl groups excluding tert-OH is 1. The topological polar surface area (TPSA) is 55.8 Å². The summed E-state index contributed by atoms with van der Waals surface area (Å²) < 4.78 is 22.8. The molecule has 88 valence electrons. The van der Waals surface area contributed by atoms with Gasteiger partial charge in [-0.3, -0.25) is 0 Å². The Morgan fingerprint density at radius 2 is 2.25 bits per heavy atom. The number of benzene rings is 1. The second kappa shape index (κ2) is 6.07. The van der Waals surface area contributed by atoms with Crippen LogP contribution in [-0.2, 0) is 16.1 Å². The highest BCUT2D eigenvalue weighted by molar-refractivity contribution is 5.71. The summed E-state index contributed by atoms with van der Waals surface area (Å²) in [5.41, 5.74) is 0.184. The third-order valence-corrected chi connectivity index (χ3v) is 1.86. The van der Waals surface area contributed by atoms with E-state index in [1.807, 2.05) is 0 Å². The van der Waals surface area contributed by atoms with Gasteiger partial charge in [0.15, 0.2) is 6.61 Å². The first-order valence-electron chi connectivity index (χ1n) is 4.85. The normalized spacial score (nSPS) is 9.94. The van der Waals surface area contributed by atoms with Crippen LogP contribution in [0.3, 0.4) is 0 Å². The van der Waals surface area contributed by atoms with Crippen LogP contribution < -0.4 is 4.74 Å². The van der Waals surface area contributed by atoms with Crippen molar-refractivity contribution in [1.82, 2.24) is 0 Å². The molecule has 1 aromatic carbocycles. The predicted octanol–water partition coefficient (Wildman–Crippen LogP) is 1.26. The average molecular weight is 228 g/mol. The molecule has 1 N–H and O–H groups in total. The maximum Gasteiger partial charge on any atom is 0.344 e. The summed E-state index contributed by atoms with van der Waals surface area (Å²) in [5, 5.41) is 8.74. The zero-order valence-electron chi connectivity index (χ0n) is 8.90. The van der Waals surface area contributed by atoms with E-state index < -0.39 is 11.8 Å². The predicted molar refractivity (Wildman–Crippen MR) is 54.5 cm³/mol. The molecular formula is C11H13FO4. The largest absolute Gasteiger partial charge is 0.482 e. The second-order valence-corrected chi connectivity index (χ2v) is 3.01. The molecule has 0 aliphatic heterocycles. The van der Waals surface area contributed by atoms with Gasteiger partial charge in [0, 0.05) is 11.6 Å². The van der Waals surface area contributed by atoms with E-state index in [0.717, 1.165) is 6.07 Å². The Labute approximate surface area is 92.6 Å². The Kier molecular flexibility index (Phi) is 4.72. The van der Waals surface area contributed by atoms with Crippen LogP contribution in [0.1, 0.15) is 12.5 Å². The van der Waals surface area contributed by atoms with Crippen LogP contribution in [0.5, 0.6) is 5.75 Å². The van der Waals surface area contributed by atoms with Crippen LogP contribution in [0.15, 0.2) is 18.2 Å². The van der Waals surface area contributed by atoms with Crippen molar-refractivity contribution in [3.8, 4) is 5.75 Å². The van der Waals surface area contributed by atoms with Gasteiger partial charge in [0.2, 0.25) is 0 Å². The van der Waals surface area contributed by atoms with Gasteiger partial charge in [0.1, 0.15) is 11.6 Å². The fourth-order valence-corrected chi connectivity index (χ4v) is 1.09. The monoisotopic (exact) mass is 228 g/mol. The van der Waals surface area contributed by atoms with Crippen LogP contribution in [0.25, 0.3) is 0 Å². The summed E-state index contributed by atoms with van der Waals surface area (Å²) in [6, 6.07) is 3.99. The summed E-state index contributed by atoms with van der Waals surface area (Å²) in [7, 11) is 0. The summed E-state index contributed by atoms with van der Waals surface area (Å²) in [4.78, 5) is 10.9. The van der Waals surface area contributed by atoms with Gasteiger partial charge in [-0.05, 0) is 13.0 Å². The summed E-state index contributed by atoms with van der Waals surface area (Å²) in [6.45, 7) is 1.34. The Bertz CT molecular complexity index is 365. The molecule has 0 bridgehead atoms. The van der Waals surface area contributed by atoms with Crippen LogP contribution >= 0.6 is 0 Å². The zero-order valence-corrected chi connectivity index (χ0v) is 8.90. The van der Waals surface area contributed by atoms with Gasteiger partial charge in [0.25, 0.3) is 0 Å². The minimum Gasteiger partial charge on any atom is -0.482 e. The van der Waals surface area contributed by atoms with E-state index in [-0.39, 0.29) is 31.1 Å². The molecule has 4 nitrogen and oxygen atoms in total. The molecule has 0 radical (unpaired) electrons. The van der Waals surface area contributed by atoms with E-state index in [9.17, 15) is 9.18 Å². The Morgan fingerprint density at radius 3 is 2.81 bits per heavy atom. The van der Waals surface area contributed by atoms with Crippen LogP contribution in [0.4, 0.5) is 4.39 Å². The number of esters is 1. The molecule has 0 amide bonds. The molecular weight excluding hydrogens is 215 g/mol. The van der Waals surface area contributed by atoms with Crippen molar-refractivity contribution in [3.63, 3.8) is 0 Å². The average Bonchev–Trinajstić information content (AvgIpc) is 2.27. The quantitative estimate of drug-likeness (QED) is 0.771. The lowest BCUT2D eigenvalue weighted by Crippen LogP contribution is -2.14. The lowest BCUT2D eigenvalue weighted by Gasteiger charge is -2.06. The van der Waals surface area contributed by atoms with Crippen LogP contribution in [-0.4, -0.2) is 24.3 Å². The minimum atomic E-state index is -0.566.